The minimum atomic E-state index is -0.594. The first-order valence-corrected chi connectivity index (χ1v) is 7.44. The Balaban J connectivity index is 1.79. The summed E-state index contributed by atoms with van der Waals surface area (Å²) >= 11 is 0. The highest BCUT2D eigenvalue weighted by atomic mass is 16.4. The highest BCUT2D eigenvalue weighted by Crippen LogP contribution is 2.36. The van der Waals surface area contributed by atoms with Crippen molar-refractivity contribution in [1.82, 2.24) is 5.32 Å². The van der Waals surface area contributed by atoms with E-state index in [2.05, 4.69) is 19.2 Å². The Morgan fingerprint density at radius 1 is 1.28 bits per heavy atom. The van der Waals surface area contributed by atoms with Crippen LogP contribution in [0.1, 0.15) is 58.8 Å². The normalized spacial score (nSPS) is 35.6. The van der Waals surface area contributed by atoms with Gasteiger partial charge in [0.2, 0.25) is 0 Å². The van der Waals surface area contributed by atoms with Crippen molar-refractivity contribution < 1.29 is 9.90 Å². The minimum absolute atomic E-state index is 0.103. The van der Waals surface area contributed by atoms with Gasteiger partial charge in [-0.2, -0.15) is 0 Å². The van der Waals surface area contributed by atoms with E-state index in [1.165, 1.54) is 25.7 Å². The maximum absolute atomic E-state index is 11.1. The van der Waals surface area contributed by atoms with E-state index < -0.39 is 5.97 Å². The molecular weight excluding hydrogens is 226 g/mol. The van der Waals surface area contributed by atoms with Gasteiger partial charge >= 0.3 is 5.97 Å². The fourth-order valence-corrected chi connectivity index (χ4v) is 3.80. The average Bonchev–Trinajstić information content (AvgIpc) is 2.73. The Morgan fingerprint density at radius 2 is 2.06 bits per heavy atom. The molecule has 2 N–H and O–H groups in total. The van der Waals surface area contributed by atoms with Crippen LogP contribution >= 0.6 is 0 Å². The molecule has 2 rings (SSSR count). The van der Waals surface area contributed by atoms with Crippen LogP contribution in [0.2, 0.25) is 0 Å². The summed E-state index contributed by atoms with van der Waals surface area (Å²) in [7, 11) is 0. The van der Waals surface area contributed by atoms with Gasteiger partial charge in [-0.15, -0.1) is 0 Å². The predicted octanol–water partition coefficient (Wildman–Crippen LogP) is 3.05. The van der Waals surface area contributed by atoms with E-state index in [1.807, 2.05) is 0 Å². The highest BCUT2D eigenvalue weighted by molar-refractivity contribution is 5.70. The van der Waals surface area contributed by atoms with Crippen LogP contribution in [-0.2, 0) is 4.79 Å². The monoisotopic (exact) mass is 253 g/mol. The van der Waals surface area contributed by atoms with Gasteiger partial charge in [-0.05, 0) is 50.0 Å². The number of aliphatic carboxylic acids is 1. The lowest BCUT2D eigenvalue weighted by atomic mass is 9.75. The molecule has 104 valence electrons. The van der Waals surface area contributed by atoms with Crippen LogP contribution in [0.3, 0.4) is 0 Å². The van der Waals surface area contributed by atoms with Gasteiger partial charge in [-0.25, -0.2) is 0 Å². The van der Waals surface area contributed by atoms with Crippen LogP contribution < -0.4 is 5.32 Å². The summed E-state index contributed by atoms with van der Waals surface area (Å²) in [6.45, 7) is 5.59. The van der Waals surface area contributed by atoms with Gasteiger partial charge < -0.3 is 10.4 Å². The van der Waals surface area contributed by atoms with E-state index in [1.54, 1.807) is 0 Å². The topological polar surface area (TPSA) is 49.3 Å². The average molecular weight is 253 g/mol. The smallest absolute Gasteiger partial charge is 0.306 e. The first-order chi connectivity index (χ1) is 8.48. The van der Waals surface area contributed by atoms with Gasteiger partial charge in [0.05, 0.1) is 5.92 Å². The molecule has 2 aliphatic rings. The van der Waals surface area contributed by atoms with Crippen molar-refractivity contribution in [2.24, 2.45) is 17.3 Å². The van der Waals surface area contributed by atoms with Crippen molar-refractivity contribution in [3.63, 3.8) is 0 Å². The fraction of sp³-hybridized carbons (Fsp3) is 0.933. The van der Waals surface area contributed by atoms with Crippen molar-refractivity contribution >= 4 is 5.97 Å². The quantitative estimate of drug-likeness (QED) is 0.809. The van der Waals surface area contributed by atoms with Crippen molar-refractivity contribution in [3.05, 3.63) is 0 Å². The second-order valence-electron chi connectivity index (χ2n) is 7.00. The summed E-state index contributed by atoms with van der Waals surface area (Å²) in [4.78, 5) is 11.1. The SMILES string of the molecule is CC1(C)CCCC(NCC2CCCC2C(=O)O)C1. The van der Waals surface area contributed by atoms with Crippen molar-refractivity contribution in [1.29, 1.82) is 0 Å². The van der Waals surface area contributed by atoms with E-state index in [0.29, 0.717) is 17.4 Å². The largest absolute Gasteiger partial charge is 0.481 e. The second-order valence-corrected chi connectivity index (χ2v) is 7.00. The summed E-state index contributed by atoms with van der Waals surface area (Å²) in [6, 6.07) is 0.601. The zero-order chi connectivity index (χ0) is 13.2. The molecule has 3 unspecified atom stereocenters. The molecular formula is C15H27NO2. The number of hydrogen-bond donors (Lipinski definition) is 2. The van der Waals surface area contributed by atoms with E-state index in [9.17, 15) is 9.90 Å². The molecule has 3 nitrogen and oxygen atoms in total. The van der Waals surface area contributed by atoms with Gasteiger partial charge in [0.1, 0.15) is 0 Å². The molecule has 0 aliphatic heterocycles. The molecule has 18 heavy (non-hydrogen) atoms. The summed E-state index contributed by atoms with van der Waals surface area (Å²) in [6.07, 6.45) is 8.16. The standard InChI is InChI=1S/C15H27NO2/c1-15(2)8-4-6-12(9-15)16-10-11-5-3-7-13(11)14(17)18/h11-13,16H,3-10H2,1-2H3,(H,17,18). The zero-order valence-electron chi connectivity index (χ0n) is 11.7. The predicted molar refractivity (Wildman–Crippen MR) is 72.5 cm³/mol. The second kappa shape index (κ2) is 5.60. The Bertz CT molecular complexity index is 301. The third kappa shape index (κ3) is 3.47. The first-order valence-electron chi connectivity index (χ1n) is 7.44. The maximum Gasteiger partial charge on any atom is 0.306 e. The maximum atomic E-state index is 11.1. The van der Waals surface area contributed by atoms with Crippen molar-refractivity contribution in [2.45, 2.75) is 64.8 Å². The lowest BCUT2D eigenvalue weighted by molar-refractivity contribution is -0.142. The highest BCUT2D eigenvalue weighted by Gasteiger charge is 2.34. The molecule has 0 aromatic carbocycles. The molecule has 2 saturated carbocycles. The molecule has 0 spiro atoms. The lowest BCUT2D eigenvalue weighted by Gasteiger charge is -2.36. The van der Waals surface area contributed by atoms with Crippen LogP contribution in [0.5, 0.6) is 0 Å². The molecule has 0 bridgehead atoms. The van der Waals surface area contributed by atoms with E-state index >= 15 is 0 Å². The van der Waals surface area contributed by atoms with Gasteiger partial charge in [-0.1, -0.05) is 26.7 Å². The summed E-state index contributed by atoms with van der Waals surface area (Å²) in [5.74, 6) is -0.343. The molecule has 0 radical (unpaired) electrons. The molecule has 0 aromatic rings. The molecule has 0 amide bonds. The minimum Gasteiger partial charge on any atom is -0.481 e. The molecule has 0 heterocycles. The third-order valence-corrected chi connectivity index (χ3v) is 4.85. The number of carboxylic acids is 1. The summed E-state index contributed by atoms with van der Waals surface area (Å²) < 4.78 is 0. The number of rotatable bonds is 4. The van der Waals surface area contributed by atoms with Crippen molar-refractivity contribution in [3.8, 4) is 0 Å². The number of nitrogens with one attached hydrogen (secondary N) is 1. The van der Waals surface area contributed by atoms with Gasteiger partial charge in [-0.3, -0.25) is 4.79 Å². The third-order valence-electron chi connectivity index (χ3n) is 4.85. The first kappa shape index (κ1) is 13.9. The Hall–Kier alpha value is -0.570. The number of hydrogen-bond acceptors (Lipinski definition) is 2. The molecule has 3 atom stereocenters. The molecule has 3 heteroatoms. The molecule has 2 aliphatic carbocycles. The molecule has 2 fully saturated rings. The van der Waals surface area contributed by atoms with Gasteiger partial charge in [0.15, 0.2) is 0 Å². The summed E-state index contributed by atoms with van der Waals surface area (Å²) in [5, 5.41) is 12.8. The lowest BCUT2D eigenvalue weighted by Crippen LogP contribution is -2.40. The molecule has 0 saturated heterocycles. The zero-order valence-corrected chi connectivity index (χ0v) is 11.7. The van der Waals surface area contributed by atoms with Crippen LogP contribution in [0.15, 0.2) is 0 Å². The Kier molecular flexibility index (Phi) is 4.31. The van der Waals surface area contributed by atoms with Crippen LogP contribution in [0.4, 0.5) is 0 Å². The summed E-state index contributed by atoms with van der Waals surface area (Å²) in [5.41, 5.74) is 0.456. The molecule has 0 aromatic heterocycles. The Morgan fingerprint density at radius 3 is 2.72 bits per heavy atom. The van der Waals surface area contributed by atoms with E-state index in [0.717, 1.165) is 25.8 Å². The number of carbonyl (C=O) groups is 1. The van der Waals surface area contributed by atoms with E-state index in [4.69, 9.17) is 0 Å². The van der Waals surface area contributed by atoms with Crippen LogP contribution in [0, 0.1) is 17.3 Å². The van der Waals surface area contributed by atoms with Gasteiger partial charge in [0.25, 0.3) is 0 Å². The van der Waals surface area contributed by atoms with Gasteiger partial charge in [0, 0.05) is 6.04 Å². The van der Waals surface area contributed by atoms with Crippen molar-refractivity contribution in [2.75, 3.05) is 6.54 Å². The van der Waals surface area contributed by atoms with Crippen LogP contribution in [0.25, 0.3) is 0 Å². The van der Waals surface area contributed by atoms with E-state index in [-0.39, 0.29) is 5.92 Å². The number of carboxylic acid groups (broad SMARTS) is 1. The fourth-order valence-electron chi connectivity index (χ4n) is 3.80. The Labute approximate surface area is 110 Å². The van der Waals surface area contributed by atoms with Crippen LogP contribution in [-0.4, -0.2) is 23.7 Å².